The maximum atomic E-state index is 13.1. The number of halogens is 4. The molecule has 2 aromatic carbocycles. The second-order valence-corrected chi connectivity index (χ2v) is 11.1. The number of aromatic hydroxyl groups is 1. The van der Waals surface area contributed by atoms with E-state index in [2.05, 4.69) is 5.10 Å². The second-order valence-electron chi connectivity index (χ2n) is 8.36. The number of alkyl halides is 2. The van der Waals surface area contributed by atoms with Crippen LogP contribution < -0.4 is 9.75 Å². The minimum atomic E-state index is -4.15. The van der Waals surface area contributed by atoms with Gasteiger partial charge in [-0.25, -0.2) is 17.2 Å². The van der Waals surface area contributed by atoms with Crippen molar-refractivity contribution in [2.75, 3.05) is 12.1 Å². The lowest BCUT2D eigenvalue weighted by Crippen LogP contribution is -2.47. The zero-order valence-electron chi connectivity index (χ0n) is 18.9. The maximum Gasteiger partial charge on any atom is 0.285 e. The van der Waals surface area contributed by atoms with E-state index in [1.54, 1.807) is 0 Å². The number of anilines is 1. The van der Waals surface area contributed by atoms with Gasteiger partial charge in [-0.2, -0.15) is 14.4 Å². The number of aliphatic hydroxyl groups is 1. The number of nitrogens with zero attached hydrogens (tertiary/aromatic N) is 3. The highest BCUT2D eigenvalue weighted by Crippen LogP contribution is 2.42. The van der Waals surface area contributed by atoms with Gasteiger partial charge < -0.3 is 14.9 Å². The van der Waals surface area contributed by atoms with Gasteiger partial charge in [0.05, 0.1) is 28.3 Å². The molecule has 0 saturated heterocycles. The summed E-state index contributed by atoms with van der Waals surface area (Å²) in [5, 5.41) is 23.4. The van der Waals surface area contributed by atoms with Crippen LogP contribution in [0.25, 0.3) is 0 Å². The number of carbonyl (C=O) groups excluding carboxylic acids is 2. The van der Waals surface area contributed by atoms with Gasteiger partial charge >= 0.3 is 0 Å². The largest absolute Gasteiger partial charge is 0.507 e. The number of Topliss-reactive ketones (excluding diaryl/α,β-unsaturated/α-hetero) is 1. The Balaban J connectivity index is 1.63. The van der Waals surface area contributed by atoms with Crippen LogP contribution in [0.4, 0.5) is 14.5 Å². The highest BCUT2D eigenvalue weighted by atomic mass is 35.5. The predicted molar refractivity (Wildman–Crippen MR) is 129 cm³/mol. The van der Waals surface area contributed by atoms with Crippen molar-refractivity contribution in [3.05, 3.63) is 40.4 Å². The van der Waals surface area contributed by atoms with Crippen LogP contribution in [0.3, 0.4) is 0 Å². The average Bonchev–Trinajstić information content (AvgIpc) is 2.79. The van der Waals surface area contributed by atoms with Gasteiger partial charge in [0, 0.05) is 19.2 Å². The molecule has 0 atom stereocenters. The number of rotatable bonds is 7. The maximum absolute atomic E-state index is 13.1. The van der Waals surface area contributed by atoms with Gasteiger partial charge in [0.2, 0.25) is 10.0 Å². The van der Waals surface area contributed by atoms with Crippen molar-refractivity contribution < 1.29 is 41.7 Å². The predicted octanol–water partition coefficient (Wildman–Crippen LogP) is 3.56. The van der Waals surface area contributed by atoms with Crippen molar-refractivity contribution in [1.82, 2.24) is 4.31 Å². The molecule has 0 aromatic heterocycles. The van der Waals surface area contributed by atoms with Crippen molar-refractivity contribution >= 4 is 56.3 Å². The zero-order chi connectivity index (χ0) is 27.2. The molecule has 1 saturated carbocycles. The second kappa shape index (κ2) is 10.1. The van der Waals surface area contributed by atoms with Gasteiger partial charge in [-0.1, -0.05) is 23.2 Å². The Morgan fingerprint density at radius 3 is 2.35 bits per heavy atom. The molecule has 37 heavy (non-hydrogen) atoms. The summed E-state index contributed by atoms with van der Waals surface area (Å²) in [6.45, 7) is 0. The third kappa shape index (κ3) is 5.27. The molecule has 4 rings (SSSR count). The van der Waals surface area contributed by atoms with Gasteiger partial charge in [-0.05, 0) is 37.1 Å². The van der Waals surface area contributed by atoms with E-state index < -0.39 is 63.1 Å². The summed E-state index contributed by atoms with van der Waals surface area (Å²) in [5.41, 5.74) is -1.18. The molecule has 0 bridgehead atoms. The lowest BCUT2D eigenvalue weighted by molar-refractivity contribution is -0.124. The molecule has 1 heterocycles. The number of hydrogen-bond donors (Lipinski definition) is 2. The molecule has 2 aliphatic rings. The SMILES string of the molecule is CN(C1CC(O)C1)S(=O)(=O)c1cc(Oc2c(Cl)cc(N3N=C(C(F)F)C(=O)CC3=O)cc2Cl)ccc1O. The monoisotopic (exact) mass is 577 g/mol. The topological polar surface area (TPSA) is 137 Å². The molecule has 0 spiro atoms. The third-order valence-electron chi connectivity index (χ3n) is 5.89. The summed E-state index contributed by atoms with van der Waals surface area (Å²) in [4.78, 5) is 23.4. The van der Waals surface area contributed by atoms with E-state index in [-0.39, 0.29) is 40.1 Å². The van der Waals surface area contributed by atoms with Gasteiger partial charge in [0.1, 0.15) is 16.4 Å². The van der Waals surface area contributed by atoms with Crippen LogP contribution in [-0.2, 0) is 19.6 Å². The van der Waals surface area contributed by atoms with E-state index in [9.17, 15) is 37.0 Å². The Bertz CT molecular complexity index is 1390. The molecule has 1 aliphatic carbocycles. The first-order chi connectivity index (χ1) is 17.3. The molecule has 2 aromatic rings. The van der Waals surface area contributed by atoms with E-state index in [1.165, 1.54) is 13.1 Å². The number of ether oxygens (including phenoxy) is 1. The number of hydrazone groups is 1. The van der Waals surface area contributed by atoms with Crippen LogP contribution in [0.1, 0.15) is 19.3 Å². The summed E-state index contributed by atoms with van der Waals surface area (Å²) in [6, 6.07) is 5.30. The third-order valence-corrected chi connectivity index (χ3v) is 8.39. The number of ketones is 1. The van der Waals surface area contributed by atoms with E-state index in [0.717, 1.165) is 28.6 Å². The van der Waals surface area contributed by atoms with Crippen molar-refractivity contribution in [3.63, 3.8) is 0 Å². The number of phenolic OH excluding ortho intramolecular Hbond substituents is 1. The summed E-state index contributed by atoms with van der Waals surface area (Å²) < 4.78 is 59.0. The fraction of sp³-hybridized carbons (Fsp3) is 0.318. The number of amides is 1. The number of benzene rings is 2. The molecule has 198 valence electrons. The van der Waals surface area contributed by atoms with Crippen LogP contribution in [0.5, 0.6) is 17.2 Å². The number of carbonyl (C=O) groups is 2. The Hall–Kier alpha value is -2.84. The van der Waals surface area contributed by atoms with Crippen LogP contribution >= 0.6 is 23.2 Å². The van der Waals surface area contributed by atoms with Crippen LogP contribution in [0, 0.1) is 0 Å². The fourth-order valence-corrected chi connectivity index (χ4v) is 5.77. The number of aliphatic hydroxyl groups excluding tert-OH is 1. The Morgan fingerprint density at radius 1 is 1.16 bits per heavy atom. The Labute approximate surface area is 219 Å². The highest BCUT2D eigenvalue weighted by molar-refractivity contribution is 7.89. The van der Waals surface area contributed by atoms with Gasteiger partial charge in [-0.15, -0.1) is 0 Å². The molecule has 1 fully saturated rings. The summed E-state index contributed by atoms with van der Waals surface area (Å²) in [6.07, 6.45) is -4.06. The molecule has 10 nitrogen and oxygen atoms in total. The van der Waals surface area contributed by atoms with Crippen LogP contribution in [-0.4, -0.2) is 66.0 Å². The number of hydrogen-bond acceptors (Lipinski definition) is 8. The minimum absolute atomic E-state index is 0.0624. The quantitative estimate of drug-likeness (QED) is 0.480. The van der Waals surface area contributed by atoms with Crippen LogP contribution in [0.15, 0.2) is 40.3 Å². The zero-order valence-corrected chi connectivity index (χ0v) is 21.3. The van der Waals surface area contributed by atoms with Crippen molar-refractivity contribution in [2.24, 2.45) is 5.10 Å². The lowest BCUT2D eigenvalue weighted by Gasteiger charge is -2.37. The first-order valence-corrected chi connectivity index (χ1v) is 12.9. The van der Waals surface area contributed by atoms with Gasteiger partial charge in [0.15, 0.2) is 17.2 Å². The normalized spacial score (nSPS) is 20.3. The van der Waals surface area contributed by atoms with E-state index >= 15 is 0 Å². The standard InChI is InChI=1S/C22H19Cl2F2N3O7S/c1-28(10-4-12(30)5-10)37(34,35)18-8-13(2-3-16(18)31)36-21-14(23)6-11(7-15(21)24)29-19(33)9-17(32)20(27-29)22(25)26/h2-3,6-8,10,12,22,30-31H,4-5,9H2,1H3. The van der Waals surface area contributed by atoms with Crippen LogP contribution in [0.2, 0.25) is 10.0 Å². The van der Waals surface area contributed by atoms with E-state index in [4.69, 9.17) is 27.9 Å². The molecule has 1 amide bonds. The van der Waals surface area contributed by atoms with Crippen molar-refractivity contribution in [1.29, 1.82) is 0 Å². The molecule has 0 unspecified atom stereocenters. The summed E-state index contributed by atoms with van der Waals surface area (Å²) in [7, 11) is -2.82. The number of phenols is 1. The Morgan fingerprint density at radius 2 is 1.78 bits per heavy atom. The molecule has 15 heteroatoms. The van der Waals surface area contributed by atoms with Gasteiger partial charge in [0.25, 0.3) is 12.3 Å². The Kier molecular flexibility index (Phi) is 7.45. The van der Waals surface area contributed by atoms with E-state index in [1.807, 2.05) is 0 Å². The smallest absolute Gasteiger partial charge is 0.285 e. The molecular formula is C22H19Cl2F2N3O7S. The number of sulfonamides is 1. The van der Waals surface area contributed by atoms with Crippen molar-refractivity contribution in [3.8, 4) is 17.2 Å². The summed E-state index contributed by atoms with van der Waals surface area (Å²) in [5.74, 6) is -2.71. The minimum Gasteiger partial charge on any atom is -0.507 e. The lowest BCUT2D eigenvalue weighted by atomic mass is 9.90. The first-order valence-electron chi connectivity index (χ1n) is 10.7. The highest BCUT2D eigenvalue weighted by Gasteiger charge is 2.38. The summed E-state index contributed by atoms with van der Waals surface area (Å²) >= 11 is 12.5. The molecular weight excluding hydrogens is 559 g/mol. The van der Waals surface area contributed by atoms with Gasteiger partial charge in [-0.3, -0.25) is 9.59 Å². The molecule has 1 aliphatic heterocycles. The van der Waals surface area contributed by atoms with Crippen molar-refractivity contribution in [2.45, 2.75) is 42.7 Å². The molecule has 2 N–H and O–H groups in total. The average molecular weight is 578 g/mol. The molecule has 0 radical (unpaired) electrons. The first kappa shape index (κ1) is 27.2. The fourth-order valence-electron chi connectivity index (χ4n) is 3.75. The van der Waals surface area contributed by atoms with E-state index in [0.29, 0.717) is 5.01 Å².